The average molecular weight is 245 g/mol. The Morgan fingerprint density at radius 2 is 2.31 bits per heavy atom. The number of amides is 2. The molecule has 2 amide bonds. The summed E-state index contributed by atoms with van der Waals surface area (Å²) in [5, 5.41) is 6.28. The van der Waals surface area contributed by atoms with Crippen LogP contribution in [0.2, 0.25) is 0 Å². The average Bonchev–Trinajstić information content (AvgIpc) is 2.29. The first-order valence-electron chi connectivity index (χ1n) is 5.12. The van der Waals surface area contributed by atoms with Crippen LogP contribution in [-0.2, 0) is 20.4 Å². The molecule has 16 heavy (non-hydrogen) atoms. The highest BCUT2D eigenvalue weighted by Crippen LogP contribution is 1.99. The van der Waals surface area contributed by atoms with Gasteiger partial charge in [0, 0.05) is 41.7 Å². The fourth-order valence-corrected chi connectivity index (χ4v) is 1.78. The molecule has 1 aliphatic heterocycles. The number of nitrogens with zero attached hydrogens (tertiary/aromatic N) is 1. The quantitative estimate of drug-likeness (QED) is 0.660. The number of carbonyl (C=O) groups is 2. The number of rotatable bonds is 5. The lowest BCUT2D eigenvalue weighted by Crippen LogP contribution is -2.38. The third-order valence-corrected chi connectivity index (χ3v) is 3.41. The van der Waals surface area contributed by atoms with E-state index in [0.717, 1.165) is 0 Å². The lowest BCUT2D eigenvalue weighted by molar-refractivity contribution is -0.121. The van der Waals surface area contributed by atoms with E-state index < -0.39 is 10.8 Å². The van der Waals surface area contributed by atoms with Crippen molar-refractivity contribution in [1.29, 1.82) is 0 Å². The van der Waals surface area contributed by atoms with E-state index in [2.05, 4.69) is 15.8 Å². The summed E-state index contributed by atoms with van der Waals surface area (Å²) in [6.07, 6.45) is 0.641. The van der Waals surface area contributed by atoms with Crippen LogP contribution in [0.4, 0.5) is 0 Å². The van der Waals surface area contributed by atoms with Gasteiger partial charge in [0.05, 0.1) is 0 Å². The van der Waals surface area contributed by atoms with Crippen LogP contribution in [0.1, 0.15) is 19.8 Å². The van der Waals surface area contributed by atoms with Gasteiger partial charge in [-0.2, -0.15) is 5.10 Å². The van der Waals surface area contributed by atoms with Gasteiger partial charge in [-0.05, 0) is 0 Å². The van der Waals surface area contributed by atoms with Crippen LogP contribution in [0.5, 0.6) is 0 Å². The summed E-state index contributed by atoms with van der Waals surface area (Å²) >= 11 is 0. The van der Waals surface area contributed by atoms with Gasteiger partial charge in [-0.15, -0.1) is 0 Å². The summed E-state index contributed by atoms with van der Waals surface area (Å²) in [5.41, 5.74) is 2.57. The summed E-state index contributed by atoms with van der Waals surface area (Å²) in [7, 11) is -0.878. The molecule has 0 saturated carbocycles. The summed E-state index contributed by atoms with van der Waals surface area (Å²) in [6.45, 7) is 2.20. The highest BCUT2D eigenvalue weighted by Gasteiger charge is 2.17. The normalized spacial score (nSPS) is 17.3. The van der Waals surface area contributed by atoms with Gasteiger partial charge in [-0.3, -0.25) is 13.8 Å². The van der Waals surface area contributed by atoms with E-state index in [1.165, 1.54) is 0 Å². The lowest BCUT2D eigenvalue weighted by atomic mass is 10.2. The van der Waals surface area contributed by atoms with Gasteiger partial charge in [0.1, 0.15) is 5.71 Å². The van der Waals surface area contributed by atoms with Gasteiger partial charge in [-0.25, -0.2) is 5.43 Å². The molecule has 7 heteroatoms. The predicted octanol–water partition coefficient (Wildman–Crippen LogP) is -0.863. The van der Waals surface area contributed by atoms with Crippen LogP contribution < -0.4 is 10.7 Å². The first kappa shape index (κ1) is 12.8. The van der Waals surface area contributed by atoms with Crippen LogP contribution in [-0.4, -0.2) is 39.8 Å². The third kappa shape index (κ3) is 4.09. The van der Waals surface area contributed by atoms with Gasteiger partial charge in [0.25, 0.3) is 5.91 Å². The van der Waals surface area contributed by atoms with Gasteiger partial charge in [-0.1, -0.05) is 6.92 Å². The van der Waals surface area contributed by atoms with Crippen molar-refractivity contribution in [3.05, 3.63) is 0 Å². The minimum atomic E-state index is -0.878. The molecule has 0 bridgehead atoms. The van der Waals surface area contributed by atoms with Crippen molar-refractivity contribution in [2.45, 2.75) is 19.8 Å². The topological polar surface area (TPSA) is 87.6 Å². The lowest BCUT2D eigenvalue weighted by Gasteiger charge is -2.11. The molecule has 2 N–H and O–H groups in total. The monoisotopic (exact) mass is 245 g/mol. The maximum absolute atomic E-state index is 11.5. The Bertz CT molecular complexity index is 341. The third-order valence-electron chi connectivity index (χ3n) is 2.10. The van der Waals surface area contributed by atoms with Gasteiger partial charge >= 0.3 is 0 Å². The van der Waals surface area contributed by atoms with Crippen molar-refractivity contribution >= 4 is 28.3 Å². The summed E-state index contributed by atoms with van der Waals surface area (Å²) in [4.78, 5) is 22.3. The van der Waals surface area contributed by atoms with Crippen molar-refractivity contribution in [1.82, 2.24) is 10.7 Å². The Morgan fingerprint density at radius 3 is 2.88 bits per heavy atom. The van der Waals surface area contributed by atoms with E-state index in [9.17, 15) is 13.8 Å². The van der Waals surface area contributed by atoms with Crippen LogP contribution in [0.25, 0.3) is 0 Å². The van der Waals surface area contributed by atoms with E-state index in [0.29, 0.717) is 30.2 Å². The molecule has 1 heterocycles. The zero-order chi connectivity index (χ0) is 12.0. The van der Waals surface area contributed by atoms with Gasteiger partial charge in [0.2, 0.25) is 5.91 Å². The first-order chi connectivity index (χ1) is 7.63. The minimum Gasteiger partial charge on any atom is -0.350 e. The fraction of sp³-hybridized carbons (Fsp3) is 0.667. The maximum Gasteiger partial charge on any atom is 0.267 e. The largest absolute Gasteiger partial charge is 0.350 e. The van der Waals surface area contributed by atoms with E-state index in [1.807, 2.05) is 6.92 Å². The number of hydrogen-bond acceptors (Lipinski definition) is 4. The van der Waals surface area contributed by atoms with Crippen LogP contribution in [0.3, 0.4) is 0 Å². The summed E-state index contributed by atoms with van der Waals surface area (Å²) in [6, 6.07) is 0. The first-order valence-corrected chi connectivity index (χ1v) is 6.61. The Hall–Kier alpha value is -1.24. The van der Waals surface area contributed by atoms with Crippen LogP contribution in [0, 0.1) is 0 Å². The van der Waals surface area contributed by atoms with E-state index in [4.69, 9.17) is 0 Å². The Labute approximate surface area is 96.3 Å². The maximum atomic E-state index is 11.5. The number of nitrogens with one attached hydrogen (secondary N) is 2. The van der Waals surface area contributed by atoms with E-state index in [1.54, 1.807) is 0 Å². The molecule has 90 valence electrons. The van der Waals surface area contributed by atoms with Gasteiger partial charge < -0.3 is 5.32 Å². The fourth-order valence-electron chi connectivity index (χ4n) is 1.16. The molecule has 1 unspecified atom stereocenters. The van der Waals surface area contributed by atoms with Crippen molar-refractivity contribution in [2.75, 3.05) is 18.1 Å². The van der Waals surface area contributed by atoms with Crippen molar-refractivity contribution < 1.29 is 13.8 Å². The summed E-state index contributed by atoms with van der Waals surface area (Å²) < 4.78 is 11.1. The second-order valence-electron chi connectivity index (χ2n) is 3.28. The van der Waals surface area contributed by atoms with Crippen molar-refractivity contribution in [3.63, 3.8) is 0 Å². The molecular weight excluding hydrogens is 230 g/mol. The Kier molecular flexibility index (Phi) is 5.10. The zero-order valence-corrected chi connectivity index (χ0v) is 9.93. The Balaban J connectivity index is 2.30. The minimum absolute atomic E-state index is 0.177. The SMILES string of the molecule is CCS(=O)CCNC(=O)C1=NNC(=O)CC1. The van der Waals surface area contributed by atoms with E-state index in [-0.39, 0.29) is 18.2 Å². The smallest absolute Gasteiger partial charge is 0.267 e. The Morgan fingerprint density at radius 1 is 1.56 bits per heavy atom. The molecule has 0 saturated heterocycles. The highest BCUT2D eigenvalue weighted by atomic mass is 32.2. The second kappa shape index (κ2) is 6.37. The molecule has 1 atom stereocenters. The second-order valence-corrected chi connectivity index (χ2v) is 5.15. The molecule has 0 aromatic rings. The van der Waals surface area contributed by atoms with Gasteiger partial charge in [0.15, 0.2) is 0 Å². The summed E-state index contributed by atoms with van der Waals surface area (Å²) in [5.74, 6) is 0.561. The molecule has 0 fully saturated rings. The molecule has 0 aromatic heterocycles. The van der Waals surface area contributed by atoms with Crippen molar-refractivity contribution in [2.24, 2.45) is 5.10 Å². The molecule has 6 nitrogen and oxygen atoms in total. The highest BCUT2D eigenvalue weighted by molar-refractivity contribution is 7.84. The molecular formula is C9H15N3O3S. The van der Waals surface area contributed by atoms with Crippen LogP contribution >= 0.6 is 0 Å². The van der Waals surface area contributed by atoms with Crippen molar-refractivity contribution in [3.8, 4) is 0 Å². The molecule has 0 spiro atoms. The molecule has 0 aromatic carbocycles. The molecule has 0 radical (unpaired) electrons. The standard InChI is InChI=1S/C9H15N3O3S/c1-2-16(15)6-5-10-9(14)7-3-4-8(13)12-11-7/h2-6H2,1H3,(H,10,14)(H,12,13). The molecule has 0 aliphatic carbocycles. The van der Waals surface area contributed by atoms with Crippen LogP contribution in [0.15, 0.2) is 5.10 Å². The number of hydrazone groups is 1. The number of hydrogen-bond donors (Lipinski definition) is 2. The predicted molar refractivity (Wildman–Crippen MR) is 61.4 cm³/mol. The number of carbonyl (C=O) groups excluding carboxylic acids is 2. The zero-order valence-electron chi connectivity index (χ0n) is 9.12. The molecule has 1 aliphatic rings. The van der Waals surface area contributed by atoms with E-state index >= 15 is 0 Å². The molecule has 1 rings (SSSR count).